The van der Waals surface area contributed by atoms with Crippen molar-refractivity contribution in [3.8, 4) is 16.9 Å². The molecule has 0 atom stereocenters. The highest BCUT2D eigenvalue weighted by Gasteiger charge is 2.17. The maximum absolute atomic E-state index is 12.4. The third-order valence-electron chi connectivity index (χ3n) is 6.10. The Labute approximate surface area is 204 Å². The van der Waals surface area contributed by atoms with Crippen LogP contribution in [0.2, 0.25) is 0 Å². The largest absolute Gasteiger partial charge is 0.488 e. The Bertz CT molecular complexity index is 1360. The van der Waals surface area contributed by atoms with Crippen LogP contribution in [0.3, 0.4) is 0 Å². The lowest BCUT2D eigenvalue weighted by Gasteiger charge is -2.14. The highest BCUT2D eigenvalue weighted by atomic mass is 16.5. The number of benzene rings is 2. The lowest BCUT2D eigenvalue weighted by molar-refractivity contribution is 0.0563. The Balaban J connectivity index is 1.71. The van der Waals surface area contributed by atoms with Crippen LogP contribution in [0.1, 0.15) is 60.0 Å². The van der Waals surface area contributed by atoms with Crippen molar-refractivity contribution in [3.05, 3.63) is 87.7 Å². The Morgan fingerprint density at radius 1 is 0.943 bits per heavy atom. The van der Waals surface area contributed by atoms with Gasteiger partial charge in [-0.1, -0.05) is 56.5 Å². The minimum atomic E-state index is -0.531. The summed E-state index contributed by atoms with van der Waals surface area (Å²) in [5, 5.41) is 0.876. The second kappa shape index (κ2) is 11.1. The van der Waals surface area contributed by atoms with E-state index in [1.807, 2.05) is 30.3 Å². The normalized spacial score (nSPS) is 11.1. The van der Waals surface area contributed by atoms with Crippen molar-refractivity contribution in [2.45, 2.75) is 52.6 Å². The average Bonchev–Trinajstić information content (AvgIpc) is 3.25. The predicted octanol–water partition coefficient (Wildman–Crippen LogP) is 6.85. The molecular weight excluding hydrogens is 444 g/mol. The van der Waals surface area contributed by atoms with Gasteiger partial charge in [-0.25, -0.2) is 9.59 Å². The Morgan fingerprint density at radius 2 is 1.74 bits per heavy atom. The van der Waals surface area contributed by atoms with E-state index in [9.17, 15) is 9.59 Å². The first kappa shape index (κ1) is 24.3. The van der Waals surface area contributed by atoms with Crippen LogP contribution in [-0.4, -0.2) is 13.1 Å². The third-order valence-corrected chi connectivity index (χ3v) is 6.10. The molecule has 6 nitrogen and oxygen atoms in total. The fourth-order valence-electron chi connectivity index (χ4n) is 4.18. The zero-order valence-corrected chi connectivity index (χ0v) is 20.4. The molecule has 2 heterocycles. The van der Waals surface area contributed by atoms with Gasteiger partial charge < -0.3 is 18.3 Å². The van der Waals surface area contributed by atoms with E-state index in [1.54, 1.807) is 25.1 Å². The number of aryl methyl sites for hydroxylation is 2. The molecule has 0 aliphatic heterocycles. The molecular formula is C29H30O6. The average molecular weight is 475 g/mol. The fourth-order valence-corrected chi connectivity index (χ4v) is 4.18. The van der Waals surface area contributed by atoms with Crippen LogP contribution in [0.4, 0.5) is 0 Å². The Kier molecular flexibility index (Phi) is 7.70. The summed E-state index contributed by atoms with van der Waals surface area (Å²) in [7, 11) is 1.31. The minimum absolute atomic E-state index is 0.139. The van der Waals surface area contributed by atoms with Crippen molar-refractivity contribution in [1.29, 1.82) is 0 Å². The van der Waals surface area contributed by atoms with E-state index in [-0.39, 0.29) is 12.4 Å². The molecule has 0 radical (unpaired) electrons. The van der Waals surface area contributed by atoms with E-state index in [4.69, 9.17) is 18.3 Å². The number of methoxy groups -OCH3 is 1. The molecule has 4 rings (SSSR count). The van der Waals surface area contributed by atoms with Gasteiger partial charge in [-0.05, 0) is 48.6 Å². The summed E-state index contributed by atoms with van der Waals surface area (Å²) in [5.41, 5.74) is 3.66. The van der Waals surface area contributed by atoms with Crippen molar-refractivity contribution < 1.29 is 23.1 Å². The number of furan rings is 1. The van der Waals surface area contributed by atoms with E-state index < -0.39 is 11.6 Å². The highest BCUT2D eigenvalue weighted by molar-refractivity contribution is 5.94. The molecule has 6 heteroatoms. The number of hydrogen-bond donors (Lipinski definition) is 0. The first-order valence-electron chi connectivity index (χ1n) is 12.0. The molecule has 2 aromatic heterocycles. The van der Waals surface area contributed by atoms with E-state index in [1.165, 1.54) is 13.5 Å². The molecule has 0 saturated heterocycles. The third kappa shape index (κ3) is 5.65. The van der Waals surface area contributed by atoms with Gasteiger partial charge in [0, 0.05) is 23.1 Å². The predicted molar refractivity (Wildman–Crippen MR) is 135 cm³/mol. The smallest absolute Gasteiger partial charge is 0.373 e. The van der Waals surface area contributed by atoms with Gasteiger partial charge in [0.25, 0.3) is 0 Å². The second-order valence-electron chi connectivity index (χ2n) is 8.58. The summed E-state index contributed by atoms with van der Waals surface area (Å²) in [6, 6.07) is 16.9. The van der Waals surface area contributed by atoms with E-state index in [0.29, 0.717) is 17.1 Å². The van der Waals surface area contributed by atoms with Gasteiger partial charge in [0.1, 0.15) is 23.7 Å². The number of unbranched alkanes of at least 4 members (excludes halogenated alkanes) is 3. The molecule has 0 amide bonds. The van der Waals surface area contributed by atoms with E-state index in [2.05, 4.69) is 13.0 Å². The minimum Gasteiger partial charge on any atom is -0.488 e. The van der Waals surface area contributed by atoms with Crippen molar-refractivity contribution in [2.75, 3.05) is 7.11 Å². The van der Waals surface area contributed by atoms with Gasteiger partial charge in [0.2, 0.25) is 5.76 Å². The number of carbonyl (C=O) groups is 1. The van der Waals surface area contributed by atoms with Crippen molar-refractivity contribution in [1.82, 2.24) is 0 Å². The molecule has 0 fully saturated rings. The van der Waals surface area contributed by atoms with Crippen LogP contribution >= 0.6 is 0 Å². The maximum Gasteiger partial charge on any atom is 0.373 e. The van der Waals surface area contributed by atoms with Gasteiger partial charge in [0.15, 0.2) is 0 Å². The Morgan fingerprint density at radius 3 is 2.49 bits per heavy atom. The molecule has 182 valence electrons. The van der Waals surface area contributed by atoms with Crippen LogP contribution in [0, 0.1) is 6.92 Å². The molecule has 0 unspecified atom stereocenters. The number of fused-ring (bicyclic) bond motifs is 1. The quantitative estimate of drug-likeness (QED) is 0.142. The van der Waals surface area contributed by atoms with Crippen molar-refractivity contribution in [3.63, 3.8) is 0 Å². The van der Waals surface area contributed by atoms with Crippen molar-refractivity contribution in [2.24, 2.45) is 0 Å². The van der Waals surface area contributed by atoms with E-state index in [0.717, 1.165) is 53.3 Å². The fraction of sp³-hybridized carbons (Fsp3) is 0.310. The topological polar surface area (TPSA) is 78.9 Å². The Hall–Kier alpha value is -3.80. The van der Waals surface area contributed by atoms with Crippen molar-refractivity contribution >= 4 is 16.9 Å². The molecule has 2 aromatic carbocycles. The lowest BCUT2D eigenvalue weighted by Crippen LogP contribution is -2.03. The van der Waals surface area contributed by atoms with Gasteiger partial charge in [-0.3, -0.25) is 0 Å². The van der Waals surface area contributed by atoms with Crippen LogP contribution in [0.5, 0.6) is 5.75 Å². The zero-order valence-electron chi connectivity index (χ0n) is 20.4. The number of rotatable bonds is 10. The summed E-state index contributed by atoms with van der Waals surface area (Å²) < 4.78 is 22.0. The standard InChI is InChI=1S/C29H30O6/c1-4-5-6-8-13-21-14-24-23(20-11-9-7-10-12-20)16-28(30)35-26(24)17-25(21)33-18-22-15-27(29(31)32-3)34-19(22)2/h7,9-12,14-17H,4-6,8,13,18H2,1-3H3. The maximum atomic E-state index is 12.4. The summed E-state index contributed by atoms with van der Waals surface area (Å²) in [6.07, 6.45) is 5.35. The monoisotopic (exact) mass is 474 g/mol. The van der Waals surface area contributed by atoms with Crippen LogP contribution in [0.25, 0.3) is 22.1 Å². The lowest BCUT2D eigenvalue weighted by atomic mass is 9.98. The number of ether oxygens (including phenoxy) is 2. The number of esters is 1. The highest BCUT2D eigenvalue weighted by Crippen LogP contribution is 2.34. The second-order valence-corrected chi connectivity index (χ2v) is 8.58. The van der Waals surface area contributed by atoms with E-state index >= 15 is 0 Å². The zero-order chi connectivity index (χ0) is 24.8. The van der Waals surface area contributed by atoms with Gasteiger partial charge >= 0.3 is 11.6 Å². The van der Waals surface area contributed by atoms with Gasteiger partial charge in [0.05, 0.1) is 7.11 Å². The molecule has 0 saturated carbocycles. The van der Waals surface area contributed by atoms with Crippen LogP contribution < -0.4 is 10.4 Å². The first-order chi connectivity index (χ1) is 17.0. The first-order valence-corrected chi connectivity index (χ1v) is 12.0. The van der Waals surface area contributed by atoms with Gasteiger partial charge in [-0.15, -0.1) is 0 Å². The number of hydrogen-bond acceptors (Lipinski definition) is 6. The summed E-state index contributed by atoms with van der Waals surface area (Å²) >= 11 is 0. The molecule has 4 aromatic rings. The SMILES string of the molecule is CCCCCCc1cc2c(-c3ccccc3)cc(=O)oc2cc1OCc1cc(C(=O)OC)oc1C. The molecule has 35 heavy (non-hydrogen) atoms. The summed E-state index contributed by atoms with van der Waals surface area (Å²) in [5.74, 6) is 0.855. The summed E-state index contributed by atoms with van der Waals surface area (Å²) in [4.78, 5) is 24.2. The molecule has 0 aliphatic carbocycles. The molecule has 0 spiro atoms. The number of carbonyl (C=O) groups excluding carboxylic acids is 1. The molecule has 0 bridgehead atoms. The molecule has 0 aliphatic rings. The summed E-state index contributed by atoms with van der Waals surface area (Å²) in [6.45, 7) is 4.18. The van der Waals surface area contributed by atoms with Crippen LogP contribution in [-0.2, 0) is 17.8 Å². The van der Waals surface area contributed by atoms with Gasteiger partial charge in [-0.2, -0.15) is 0 Å². The van der Waals surface area contributed by atoms with Crippen LogP contribution in [0.15, 0.2) is 68.2 Å². The molecule has 0 N–H and O–H groups in total.